The molecule has 0 unspecified atom stereocenters. The van der Waals surface area contributed by atoms with Gasteiger partial charge in [0.1, 0.15) is 6.54 Å². The Bertz CT molecular complexity index is 559. The molecule has 0 saturated carbocycles. The molecule has 0 fully saturated rings. The third-order valence-electron chi connectivity index (χ3n) is 2.78. The second-order valence-electron chi connectivity index (χ2n) is 4.61. The number of hydrogen-bond acceptors (Lipinski definition) is 4. The van der Waals surface area contributed by atoms with E-state index in [1.807, 2.05) is 0 Å². The van der Waals surface area contributed by atoms with Gasteiger partial charge in [-0.05, 0) is 18.6 Å². The molecule has 0 spiro atoms. The zero-order chi connectivity index (χ0) is 16.1. The lowest BCUT2D eigenvalue weighted by Crippen LogP contribution is -2.38. The van der Waals surface area contributed by atoms with Crippen molar-refractivity contribution in [3.8, 4) is 0 Å². The van der Waals surface area contributed by atoms with Gasteiger partial charge in [-0.2, -0.15) is 13.2 Å². The Morgan fingerprint density at radius 1 is 1.24 bits per heavy atom. The SMILES string of the molecule is CCCS(=O)(=O)c1ccccc1N(CCN)CC(F)(F)F. The number of benzene rings is 1. The first-order valence-corrected chi connectivity index (χ1v) is 8.20. The largest absolute Gasteiger partial charge is 0.405 e. The van der Waals surface area contributed by atoms with Crippen molar-refractivity contribution in [2.75, 3.05) is 30.3 Å². The number of sulfone groups is 1. The number of para-hydroxylation sites is 1. The molecular formula is C13H19F3N2O2S. The lowest BCUT2D eigenvalue weighted by atomic mass is 10.2. The summed E-state index contributed by atoms with van der Waals surface area (Å²) in [5.74, 6) is -0.105. The highest BCUT2D eigenvalue weighted by Crippen LogP contribution is 2.29. The van der Waals surface area contributed by atoms with Gasteiger partial charge in [-0.3, -0.25) is 0 Å². The second-order valence-corrected chi connectivity index (χ2v) is 6.69. The van der Waals surface area contributed by atoms with Crippen LogP contribution in [0.3, 0.4) is 0 Å². The zero-order valence-corrected chi connectivity index (χ0v) is 12.5. The van der Waals surface area contributed by atoms with Crippen LogP contribution in [0.1, 0.15) is 13.3 Å². The van der Waals surface area contributed by atoms with Gasteiger partial charge in [0.05, 0.1) is 16.3 Å². The number of nitrogens with two attached hydrogens (primary N) is 1. The summed E-state index contributed by atoms with van der Waals surface area (Å²) in [6, 6.07) is 5.73. The first-order chi connectivity index (χ1) is 9.71. The molecule has 2 N–H and O–H groups in total. The Labute approximate surface area is 122 Å². The van der Waals surface area contributed by atoms with E-state index in [9.17, 15) is 21.6 Å². The number of nitrogens with zero attached hydrogens (tertiary/aromatic N) is 1. The van der Waals surface area contributed by atoms with Gasteiger partial charge in [-0.1, -0.05) is 19.1 Å². The molecule has 0 aliphatic heterocycles. The maximum absolute atomic E-state index is 12.7. The van der Waals surface area contributed by atoms with E-state index in [4.69, 9.17) is 5.73 Å². The molecule has 21 heavy (non-hydrogen) atoms. The van der Waals surface area contributed by atoms with Gasteiger partial charge in [0, 0.05) is 13.1 Å². The lowest BCUT2D eigenvalue weighted by Gasteiger charge is -2.27. The van der Waals surface area contributed by atoms with E-state index in [2.05, 4.69) is 0 Å². The summed E-state index contributed by atoms with van der Waals surface area (Å²) in [4.78, 5) is 0.882. The van der Waals surface area contributed by atoms with Gasteiger partial charge >= 0.3 is 6.18 Å². The molecule has 0 radical (unpaired) electrons. The molecule has 1 aromatic rings. The first kappa shape index (κ1) is 17.8. The number of hydrogen-bond donors (Lipinski definition) is 1. The molecule has 0 aliphatic carbocycles. The minimum atomic E-state index is -4.43. The highest BCUT2D eigenvalue weighted by atomic mass is 32.2. The molecule has 0 aromatic heterocycles. The van der Waals surface area contributed by atoms with Crippen LogP contribution in [0, 0.1) is 0 Å². The van der Waals surface area contributed by atoms with E-state index in [0.29, 0.717) is 6.42 Å². The standard InChI is InChI=1S/C13H19F3N2O2S/c1-2-9-21(19,20)12-6-4-3-5-11(12)18(8-7-17)10-13(14,15)16/h3-6H,2,7-10,17H2,1H3. The number of rotatable bonds is 7. The van der Waals surface area contributed by atoms with Crippen LogP contribution >= 0.6 is 0 Å². The van der Waals surface area contributed by atoms with E-state index in [1.165, 1.54) is 24.3 Å². The molecule has 0 bridgehead atoms. The highest BCUT2D eigenvalue weighted by Gasteiger charge is 2.32. The Morgan fingerprint density at radius 2 is 1.86 bits per heavy atom. The quantitative estimate of drug-likeness (QED) is 0.835. The molecule has 0 aliphatic rings. The van der Waals surface area contributed by atoms with Crippen molar-refractivity contribution < 1.29 is 21.6 Å². The third kappa shape index (κ3) is 5.20. The van der Waals surface area contributed by atoms with Crippen LogP contribution in [0.25, 0.3) is 0 Å². The van der Waals surface area contributed by atoms with Gasteiger partial charge in [0.25, 0.3) is 0 Å². The van der Waals surface area contributed by atoms with Crippen LogP contribution in [0.15, 0.2) is 29.2 Å². The van der Waals surface area contributed by atoms with Gasteiger partial charge in [0.2, 0.25) is 0 Å². The minimum absolute atomic E-state index is 0.00175. The van der Waals surface area contributed by atoms with Crippen molar-refractivity contribution >= 4 is 15.5 Å². The van der Waals surface area contributed by atoms with E-state index in [0.717, 1.165) is 4.90 Å². The van der Waals surface area contributed by atoms with Crippen molar-refractivity contribution in [3.63, 3.8) is 0 Å². The van der Waals surface area contributed by atoms with Crippen LogP contribution in [-0.4, -0.2) is 40.0 Å². The number of halogens is 3. The van der Waals surface area contributed by atoms with Gasteiger partial charge in [-0.15, -0.1) is 0 Å². The molecule has 1 aromatic carbocycles. The average Bonchev–Trinajstić information content (AvgIpc) is 2.37. The second kappa shape index (κ2) is 7.13. The summed E-state index contributed by atoms with van der Waals surface area (Å²) in [7, 11) is -3.61. The van der Waals surface area contributed by atoms with Crippen LogP contribution in [-0.2, 0) is 9.84 Å². The number of alkyl halides is 3. The van der Waals surface area contributed by atoms with Crippen molar-refractivity contribution in [1.29, 1.82) is 0 Å². The van der Waals surface area contributed by atoms with Crippen molar-refractivity contribution in [3.05, 3.63) is 24.3 Å². The van der Waals surface area contributed by atoms with Gasteiger partial charge in [-0.25, -0.2) is 8.42 Å². The Balaban J connectivity index is 3.26. The van der Waals surface area contributed by atoms with E-state index >= 15 is 0 Å². The highest BCUT2D eigenvalue weighted by molar-refractivity contribution is 7.91. The molecule has 120 valence electrons. The van der Waals surface area contributed by atoms with Crippen LogP contribution in [0.5, 0.6) is 0 Å². The zero-order valence-electron chi connectivity index (χ0n) is 11.7. The first-order valence-electron chi connectivity index (χ1n) is 6.55. The smallest absolute Gasteiger partial charge is 0.360 e. The summed E-state index contributed by atoms with van der Waals surface area (Å²) in [6.07, 6.45) is -4.04. The maximum Gasteiger partial charge on any atom is 0.405 e. The Hall–Kier alpha value is -1.28. The maximum atomic E-state index is 12.7. The van der Waals surface area contributed by atoms with E-state index in [-0.39, 0.29) is 29.4 Å². The molecule has 0 saturated heterocycles. The molecule has 4 nitrogen and oxygen atoms in total. The van der Waals surface area contributed by atoms with Crippen LogP contribution < -0.4 is 10.6 Å². The summed E-state index contributed by atoms with van der Waals surface area (Å²) in [5, 5.41) is 0. The molecule has 0 amide bonds. The predicted octanol–water partition coefficient (Wildman–Crippen LogP) is 2.20. The molecule has 0 heterocycles. The molecule has 0 atom stereocenters. The van der Waals surface area contributed by atoms with Crippen molar-refractivity contribution in [2.24, 2.45) is 5.73 Å². The molecular weight excluding hydrogens is 305 g/mol. The normalized spacial score (nSPS) is 12.4. The molecule has 1 rings (SSSR count). The Kier molecular flexibility index (Phi) is 6.03. The minimum Gasteiger partial charge on any atom is -0.360 e. The summed E-state index contributed by atoms with van der Waals surface area (Å²) in [6.45, 7) is 0.396. The monoisotopic (exact) mass is 324 g/mol. The lowest BCUT2D eigenvalue weighted by molar-refractivity contribution is -0.119. The summed E-state index contributed by atoms with van der Waals surface area (Å²) < 4.78 is 62.4. The molecule has 8 heteroatoms. The fraction of sp³-hybridized carbons (Fsp3) is 0.538. The number of anilines is 1. The van der Waals surface area contributed by atoms with Crippen LogP contribution in [0.4, 0.5) is 18.9 Å². The third-order valence-corrected chi connectivity index (χ3v) is 4.74. The van der Waals surface area contributed by atoms with Gasteiger partial charge < -0.3 is 10.6 Å². The van der Waals surface area contributed by atoms with E-state index < -0.39 is 22.6 Å². The summed E-state index contributed by atoms with van der Waals surface area (Å²) >= 11 is 0. The average molecular weight is 324 g/mol. The Morgan fingerprint density at radius 3 is 2.38 bits per heavy atom. The fourth-order valence-electron chi connectivity index (χ4n) is 2.02. The topological polar surface area (TPSA) is 63.4 Å². The van der Waals surface area contributed by atoms with Crippen molar-refractivity contribution in [1.82, 2.24) is 0 Å². The van der Waals surface area contributed by atoms with E-state index in [1.54, 1.807) is 6.92 Å². The fourth-order valence-corrected chi connectivity index (χ4v) is 3.58. The van der Waals surface area contributed by atoms with Gasteiger partial charge in [0.15, 0.2) is 9.84 Å². The predicted molar refractivity (Wildman–Crippen MR) is 76.1 cm³/mol. The summed E-state index contributed by atoms with van der Waals surface area (Å²) in [5.41, 5.74) is 5.39. The van der Waals surface area contributed by atoms with Crippen molar-refractivity contribution in [2.45, 2.75) is 24.4 Å². The van der Waals surface area contributed by atoms with Crippen LogP contribution in [0.2, 0.25) is 0 Å².